The molecular weight excluding hydrogens is 408 g/mol. The lowest BCUT2D eigenvalue weighted by molar-refractivity contribution is -0.139. The van der Waals surface area contributed by atoms with Gasteiger partial charge in [-0.25, -0.2) is 4.98 Å². The van der Waals surface area contributed by atoms with Crippen molar-refractivity contribution < 1.29 is 14.3 Å². The molecule has 0 aliphatic heterocycles. The van der Waals surface area contributed by atoms with Crippen molar-refractivity contribution in [3.05, 3.63) is 45.1 Å². The molecule has 1 aliphatic carbocycles. The number of nitrogens with zero attached hydrogens (tertiary/aromatic N) is 2. The fraction of sp³-hybridized carbons (Fsp3) is 0.381. The topological polar surface area (TPSA) is 70.4 Å². The van der Waals surface area contributed by atoms with Crippen molar-refractivity contribution in [1.29, 1.82) is 0 Å². The second-order valence-corrected chi connectivity index (χ2v) is 8.74. The average Bonchev–Trinajstić information content (AvgIpc) is 3.11. The van der Waals surface area contributed by atoms with Crippen LogP contribution in [-0.4, -0.2) is 35.0 Å². The Morgan fingerprint density at radius 3 is 2.72 bits per heavy atom. The van der Waals surface area contributed by atoms with Crippen LogP contribution in [0.15, 0.2) is 34.2 Å². The smallest absolute Gasteiger partial charge is 0.316 e. The molecular formula is C21H22N2O4S2. The van der Waals surface area contributed by atoms with Crippen LogP contribution in [-0.2, 0) is 22.4 Å². The Bertz CT molecular complexity index is 1100. The number of benzene rings is 1. The van der Waals surface area contributed by atoms with E-state index in [1.54, 1.807) is 29.9 Å². The van der Waals surface area contributed by atoms with Gasteiger partial charge in [-0.3, -0.25) is 14.2 Å². The summed E-state index contributed by atoms with van der Waals surface area (Å²) < 4.78 is 11.9. The molecule has 0 spiro atoms. The molecule has 29 heavy (non-hydrogen) atoms. The fourth-order valence-electron chi connectivity index (χ4n) is 3.57. The minimum atomic E-state index is -0.321. The first-order valence-electron chi connectivity index (χ1n) is 9.62. The molecule has 0 saturated carbocycles. The number of hydrogen-bond donors (Lipinski definition) is 0. The predicted molar refractivity (Wildman–Crippen MR) is 116 cm³/mol. The van der Waals surface area contributed by atoms with Gasteiger partial charge in [0, 0.05) is 4.88 Å². The van der Waals surface area contributed by atoms with Gasteiger partial charge in [-0.15, -0.1) is 11.3 Å². The van der Waals surface area contributed by atoms with Gasteiger partial charge in [-0.1, -0.05) is 11.8 Å². The van der Waals surface area contributed by atoms with E-state index in [0.29, 0.717) is 23.2 Å². The molecule has 8 heteroatoms. The standard InChI is InChI=1S/C21H22N2O4S2/c1-3-27-17(24)12-28-21-22-19-18(15-6-4-5-7-16(15)29-19)20(25)23(21)13-8-10-14(26-2)11-9-13/h8-11H,3-7,12H2,1-2H3. The van der Waals surface area contributed by atoms with Crippen molar-refractivity contribution in [2.24, 2.45) is 0 Å². The summed E-state index contributed by atoms with van der Waals surface area (Å²) in [5.74, 6) is 0.496. The molecule has 0 fully saturated rings. The molecule has 2 aromatic heterocycles. The van der Waals surface area contributed by atoms with Gasteiger partial charge < -0.3 is 9.47 Å². The number of methoxy groups -OCH3 is 1. The number of ether oxygens (including phenoxy) is 2. The summed E-state index contributed by atoms with van der Waals surface area (Å²) in [7, 11) is 1.60. The van der Waals surface area contributed by atoms with E-state index in [0.717, 1.165) is 41.5 Å². The summed E-state index contributed by atoms with van der Waals surface area (Å²) in [5.41, 5.74) is 1.77. The Hall–Kier alpha value is -2.32. The lowest BCUT2D eigenvalue weighted by Gasteiger charge is -2.14. The third-order valence-electron chi connectivity index (χ3n) is 4.91. The monoisotopic (exact) mass is 430 g/mol. The Labute approximate surface area is 176 Å². The molecule has 152 valence electrons. The highest BCUT2D eigenvalue weighted by atomic mass is 32.2. The zero-order chi connectivity index (χ0) is 20.4. The van der Waals surface area contributed by atoms with Crippen LogP contribution < -0.4 is 10.3 Å². The molecule has 1 aromatic carbocycles. The van der Waals surface area contributed by atoms with Crippen molar-refractivity contribution in [2.45, 2.75) is 37.8 Å². The van der Waals surface area contributed by atoms with Gasteiger partial charge in [0.15, 0.2) is 5.16 Å². The van der Waals surface area contributed by atoms with Gasteiger partial charge in [0.1, 0.15) is 10.6 Å². The van der Waals surface area contributed by atoms with Crippen molar-refractivity contribution in [3.8, 4) is 11.4 Å². The molecule has 2 heterocycles. The third-order valence-corrected chi connectivity index (χ3v) is 7.01. The van der Waals surface area contributed by atoms with E-state index in [1.165, 1.54) is 16.6 Å². The van der Waals surface area contributed by atoms with E-state index in [1.807, 2.05) is 24.3 Å². The number of aromatic nitrogens is 2. The number of carbonyl (C=O) groups excluding carboxylic acids is 1. The van der Waals surface area contributed by atoms with Crippen molar-refractivity contribution in [2.75, 3.05) is 19.5 Å². The van der Waals surface area contributed by atoms with Crippen LogP contribution >= 0.6 is 23.1 Å². The van der Waals surface area contributed by atoms with E-state index in [4.69, 9.17) is 14.5 Å². The number of aryl methyl sites for hydroxylation is 2. The second-order valence-electron chi connectivity index (χ2n) is 6.72. The Morgan fingerprint density at radius 2 is 2.00 bits per heavy atom. The quantitative estimate of drug-likeness (QED) is 0.335. The first-order chi connectivity index (χ1) is 14.1. The molecule has 0 atom stereocenters. The number of esters is 1. The van der Waals surface area contributed by atoms with E-state index in [2.05, 4.69) is 0 Å². The normalized spacial score (nSPS) is 13.3. The summed E-state index contributed by atoms with van der Waals surface area (Å²) in [6, 6.07) is 7.30. The van der Waals surface area contributed by atoms with Crippen LogP contribution in [0.1, 0.15) is 30.2 Å². The minimum Gasteiger partial charge on any atom is -0.497 e. The maximum absolute atomic E-state index is 13.6. The first kappa shape index (κ1) is 20.0. The van der Waals surface area contributed by atoms with Crippen molar-refractivity contribution in [1.82, 2.24) is 9.55 Å². The highest BCUT2D eigenvalue weighted by Crippen LogP contribution is 2.35. The van der Waals surface area contributed by atoms with E-state index in [-0.39, 0.29) is 17.3 Å². The van der Waals surface area contributed by atoms with Gasteiger partial charge in [0.05, 0.1) is 30.5 Å². The summed E-state index contributed by atoms with van der Waals surface area (Å²) in [4.78, 5) is 32.3. The van der Waals surface area contributed by atoms with Gasteiger partial charge in [-0.05, 0) is 62.4 Å². The number of thiophene rings is 1. The van der Waals surface area contributed by atoms with E-state index >= 15 is 0 Å². The highest BCUT2D eigenvalue weighted by Gasteiger charge is 2.23. The van der Waals surface area contributed by atoms with Gasteiger partial charge in [0.2, 0.25) is 0 Å². The highest BCUT2D eigenvalue weighted by molar-refractivity contribution is 7.99. The Morgan fingerprint density at radius 1 is 1.24 bits per heavy atom. The lowest BCUT2D eigenvalue weighted by Crippen LogP contribution is -2.22. The summed E-state index contributed by atoms with van der Waals surface area (Å²) >= 11 is 2.84. The van der Waals surface area contributed by atoms with Gasteiger partial charge in [0.25, 0.3) is 5.56 Å². The predicted octanol–water partition coefficient (Wildman–Crippen LogP) is 3.99. The van der Waals surface area contributed by atoms with E-state index < -0.39 is 0 Å². The van der Waals surface area contributed by atoms with Crippen molar-refractivity contribution >= 4 is 39.3 Å². The van der Waals surface area contributed by atoms with E-state index in [9.17, 15) is 9.59 Å². The van der Waals surface area contributed by atoms with Crippen LogP contribution in [0.2, 0.25) is 0 Å². The second kappa shape index (κ2) is 8.59. The minimum absolute atomic E-state index is 0.0778. The molecule has 0 N–H and O–H groups in total. The zero-order valence-electron chi connectivity index (χ0n) is 16.4. The molecule has 0 saturated heterocycles. The molecule has 0 bridgehead atoms. The maximum Gasteiger partial charge on any atom is 0.316 e. The number of thioether (sulfide) groups is 1. The molecule has 6 nitrogen and oxygen atoms in total. The maximum atomic E-state index is 13.6. The molecule has 0 unspecified atom stereocenters. The third kappa shape index (κ3) is 3.91. The number of fused-ring (bicyclic) bond motifs is 3. The SMILES string of the molecule is CCOC(=O)CSc1nc2sc3c(c2c(=O)n1-c1ccc(OC)cc1)CCCC3. The average molecular weight is 431 g/mol. The molecule has 4 rings (SSSR count). The van der Waals surface area contributed by atoms with Crippen molar-refractivity contribution in [3.63, 3.8) is 0 Å². The Balaban J connectivity index is 1.86. The summed E-state index contributed by atoms with van der Waals surface area (Å²) in [5, 5.41) is 1.22. The van der Waals surface area contributed by atoms with Gasteiger partial charge >= 0.3 is 5.97 Å². The summed E-state index contributed by atoms with van der Waals surface area (Å²) in [6.07, 6.45) is 4.17. The first-order valence-corrected chi connectivity index (χ1v) is 11.4. The lowest BCUT2D eigenvalue weighted by atomic mass is 9.97. The zero-order valence-corrected chi connectivity index (χ0v) is 18.0. The summed E-state index contributed by atoms with van der Waals surface area (Å²) in [6.45, 7) is 2.10. The molecule has 0 amide bonds. The number of carbonyl (C=O) groups is 1. The molecule has 3 aromatic rings. The van der Waals surface area contributed by atoms with Crippen LogP contribution in [0.25, 0.3) is 15.9 Å². The number of rotatable bonds is 6. The molecule has 0 radical (unpaired) electrons. The Kier molecular flexibility index (Phi) is 5.91. The fourth-order valence-corrected chi connectivity index (χ4v) is 5.68. The van der Waals surface area contributed by atoms with Crippen LogP contribution in [0, 0.1) is 0 Å². The largest absolute Gasteiger partial charge is 0.497 e. The van der Waals surface area contributed by atoms with Gasteiger partial charge in [-0.2, -0.15) is 0 Å². The van der Waals surface area contributed by atoms with Crippen LogP contribution in [0.4, 0.5) is 0 Å². The molecule has 1 aliphatic rings. The van der Waals surface area contributed by atoms with Crippen LogP contribution in [0.5, 0.6) is 5.75 Å². The van der Waals surface area contributed by atoms with Crippen LogP contribution in [0.3, 0.4) is 0 Å². The number of hydrogen-bond acceptors (Lipinski definition) is 7.